The molecule has 0 saturated heterocycles. The fraction of sp³-hybridized carbons (Fsp3) is 0.286. The van der Waals surface area contributed by atoms with Gasteiger partial charge in [-0.1, -0.05) is 65.7 Å². The summed E-state index contributed by atoms with van der Waals surface area (Å²) in [7, 11) is -4.33. The Kier molecular flexibility index (Phi) is 7.59. The van der Waals surface area contributed by atoms with E-state index in [4.69, 9.17) is 27.9 Å². The van der Waals surface area contributed by atoms with E-state index >= 15 is 4.39 Å². The Morgan fingerprint density at radius 3 is 2.41 bits per heavy atom. The lowest BCUT2D eigenvalue weighted by Gasteiger charge is -2.43. The van der Waals surface area contributed by atoms with Gasteiger partial charge in [0.1, 0.15) is 17.2 Å². The molecule has 1 aliphatic carbocycles. The van der Waals surface area contributed by atoms with Crippen molar-refractivity contribution in [2.45, 2.75) is 36.1 Å². The van der Waals surface area contributed by atoms with Gasteiger partial charge in [0.25, 0.3) is 0 Å². The van der Waals surface area contributed by atoms with Gasteiger partial charge in [-0.25, -0.2) is 22.6 Å². The number of sulfone groups is 1. The molecule has 1 aliphatic rings. The van der Waals surface area contributed by atoms with E-state index in [1.54, 1.807) is 43.3 Å². The van der Waals surface area contributed by atoms with Gasteiger partial charge < -0.3 is 14.4 Å². The maximum absolute atomic E-state index is 15.3. The quantitative estimate of drug-likeness (QED) is 0.289. The van der Waals surface area contributed by atoms with Gasteiger partial charge in [0.15, 0.2) is 15.4 Å². The summed E-state index contributed by atoms with van der Waals surface area (Å²) in [6.07, 6.45) is 6.30. The number of ether oxygens (including phenoxy) is 1. The van der Waals surface area contributed by atoms with Crippen LogP contribution in [0.15, 0.2) is 73.0 Å². The minimum Gasteiger partial charge on any atom is -0.464 e. The van der Waals surface area contributed by atoms with E-state index in [0.717, 1.165) is 16.9 Å². The maximum Gasteiger partial charge on any atom is 0.339 e. The molecule has 11 heteroatoms. The molecule has 0 bridgehead atoms. The molecule has 2 unspecified atom stereocenters. The second kappa shape index (κ2) is 10.2. The van der Waals surface area contributed by atoms with Crippen molar-refractivity contribution in [2.24, 2.45) is 0 Å². The van der Waals surface area contributed by atoms with Crippen LogP contribution >= 0.6 is 23.2 Å². The number of alkyl halides is 1. The molecule has 2 atom stereocenters. The number of allylic oxidation sites excluding steroid dienone is 2. The van der Waals surface area contributed by atoms with E-state index in [2.05, 4.69) is 4.98 Å². The summed E-state index contributed by atoms with van der Waals surface area (Å²) in [5.41, 5.74) is -3.01. The van der Waals surface area contributed by atoms with Crippen LogP contribution in [0.2, 0.25) is 5.02 Å². The molecule has 4 rings (SSSR count). The third-order valence-corrected chi connectivity index (χ3v) is 9.56. The molecule has 0 saturated carbocycles. The Hall–Kier alpha value is -2.98. The van der Waals surface area contributed by atoms with Crippen molar-refractivity contribution >= 4 is 44.6 Å². The highest BCUT2D eigenvalue weighted by molar-refractivity contribution is 7.93. The standard InChI is InChI=1S/C28H27Cl2FN2O5S/c1-5-38-25(34)27(15-14-19(18-10-7-6-8-11-18)16-28(27,30)39(4,36)37)33-17-22(26(2,3)35)32-24(33)23-20(29)12-9-13-21(23)31/h6-17,35H,5H2,1-4H3. The van der Waals surface area contributed by atoms with Crippen LogP contribution in [-0.2, 0) is 30.5 Å². The van der Waals surface area contributed by atoms with Crippen LogP contribution in [0, 0.1) is 5.82 Å². The lowest BCUT2D eigenvalue weighted by Crippen LogP contribution is -2.60. The smallest absolute Gasteiger partial charge is 0.339 e. The minimum absolute atomic E-state index is 0.0132. The van der Waals surface area contributed by atoms with Crippen LogP contribution in [0.1, 0.15) is 32.0 Å². The molecule has 0 aliphatic heterocycles. The second-order valence-corrected chi connectivity index (χ2v) is 13.1. The SMILES string of the molecule is CCOC(=O)C1(n2cc(C(C)(C)O)nc2-c2c(F)cccc2Cl)C=CC(c2ccccc2)=CC1(Cl)S(C)(=O)=O. The van der Waals surface area contributed by atoms with Gasteiger partial charge in [-0.3, -0.25) is 0 Å². The monoisotopic (exact) mass is 592 g/mol. The molecule has 39 heavy (non-hydrogen) atoms. The number of imidazole rings is 1. The Labute approximate surface area is 236 Å². The Balaban J connectivity index is 2.17. The van der Waals surface area contributed by atoms with Crippen molar-refractivity contribution < 1.29 is 27.4 Å². The van der Waals surface area contributed by atoms with E-state index in [9.17, 15) is 18.3 Å². The van der Waals surface area contributed by atoms with Crippen LogP contribution in [-0.4, -0.2) is 46.1 Å². The zero-order valence-electron chi connectivity index (χ0n) is 21.7. The van der Waals surface area contributed by atoms with Crippen molar-refractivity contribution in [3.8, 4) is 11.4 Å². The maximum atomic E-state index is 15.3. The summed E-state index contributed by atoms with van der Waals surface area (Å²) in [5, 5.41) is 10.8. The van der Waals surface area contributed by atoms with Crippen molar-refractivity contribution in [2.75, 3.05) is 12.9 Å². The van der Waals surface area contributed by atoms with Crippen LogP contribution < -0.4 is 0 Å². The molecule has 1 aromatic heterocycles. The molecule has 1 heterocycles. The van der Waals surface area contributed by atoms with Gasteiger partial charge in [-0.2, -0.15) is 0 Å². The van der Waals surface area contributed by atoms with E-state index in [-0.39, 0.29) is 28.7 Å². The molecular formula is C28H27Cl2FN2O5S. The zero-order valence-corrected chi connectivity index (χ0v) is 24.0. The molecule has 0 spiro atoms. The van der Waals surface area contributed by atoms with Crippen LogP contribution in [0.4, 0.5) is 4.39 Å². The highest BCUT2D eigenvalue weighted by Crippen LogP contribution is 2.51. The van der Waals surface area contributed by atoms with Crippen LogP contribution in [0.5, 0.6) is 0 Å². The number of aromatic nitrogens is 2. The number of aliphatic hydroxyl groups is 1. The summed E-state index contributed by atoms with van der Waals surface area (Å²) in [5.74, 6) is -2.04. The topological polar surface area (TPSA) is 98.5 Å². The summed E-state index contributed by atoms with van der Waals surface area (Å²) in [6, 6.07) is 12.9. The fourth-order valence-corrected chi connectivity index (χ4v) is 6.26. The first-order valence-electron chi connectivity index (χ1n) is 12.0. The summed E-state index contributed by atoms with van der Waals surface area (Å²) >= 11 is 13.5. The van der Waals surface area contributed by atoms with Gasteiger partial charge in [-0.15, -0.1) is 0 Å². The van der Waals surface area contributed by atoms with Gasteiger partial charge >= 0.3 is 5.97 Å². The van der Waals surface area contributed by atoms with Crippen LogP contribution in [0.3, 0.4) is 0 Å². The second-order valence-electron chi connectivity index (χ2n) is 9.68. The molecule has 0 fully saturated rings. The number of hydrogen-bond acceptors (Lipinski definition) is 6. The van der Waals surface area contributed by atoms with E-state index in [0.29, 0.717) is 11.1 Å². The third kappa shape index (κ3) is 4.82. The molecule has 3 aromatic rings. The van der Waals surface area contributed by atoms with Crippen molar-refractivity contribution in [1.82, 2.24) is 9.55 Å². The molecule has 206 valence electrons. The summed E-state index contributed by atoms with van der Waals surface area (Å²) < 4.78 is 46.5. The molecule has 2 aromatic carbocycles. The average Bonchev–Trinajstić information content (AvgIpc) is 3.30. The largest absolute Gasteiger partial charge is 0.464 e. The first-order chi connectivity index (χ1) is 18.2. The fourth-order valence-electron chi connectivity index (χ4n) is 4.50. The van der Waals surface area contributed by atoms with Gasteiger partial charge in [0.2, 0.25) is 4.21 Å². The van der Waals surface area contributed by atoms with Crippen molar-refractivity contribution in [3.05, 3.63) is 95.1 Å². The summed E-state index contributed by atoms with van der Waals surface area (Å²) in [4.78, 5) is 18.4. The van der Waals surface area contributed by atoms with Gasteiger partial charge in [0, 0.05) is 12.5 Å². The van der Waals surface area contributed by atoms with Crippen molar-refractivity contribution in [3.63, 3.8) is 0 Å². The van der Waals surface area contributed by atoms with E-state index < -0.39 is 37.0 Å². The van der Waals surface area contributed by atoms with Crippen molar-refractivity contribution in [1.29, 1.82) is 0 Å². The number of esters is 1. The number of hydrogen-bond donors (Lipinski definition) is 1. The lowest BCUT2D eigenvalue weighted by atomic mass is 9.84. The highest BCUT2D eigenvalue weighted by atomic mass is 35.5. The Morgan fingerprint density at radius 2 is 1.85 bits per heavy atom. The summed E-state index contributed by atoms with van der Waals surface area (Å²) in [6.45, 7) is 4.34. The first kappa shape index (κ1) is 29.0. The van der Waals surface area contributed by atoms with Gasteiger partial charge in [0.05, 0.1) is 22.9 Å². The zero-order chi connectivity index (χ0) is 28.8. The molecular weight excluding hydrogens is 566 g/mol. The number of carbonyl (C=O) groups is 1. The van der Waals surface area contributed by atoms with E-state index in [1.165, 1.54) is 44.3 Å². The predicted octanol–water partition coefficient (Wildman–Crippen LogP) is 5.46. The number of nitrogens with zero attached hydrogens (tertiary/aromatic N) is 2. The molecule has 7 nitrogen and oxygen atoms in total. The van der Waals surface area contributed by atoms with Crippen LogP contribution in [0.25, 0.3) is 17.0 Å². The minimum atomic E-state index is -4.33. The third-order valence-electron chi connectivity index (χ3n) is 6.50. The first-order valence-corrected chi connectivity index (χ1v) is 14.6. The van der Waals surface area contributed by atoms with Gasteiger partial charge in [-0.05, 0) is 56.2 Å². The molecule has 0 amide bonds. The number of benzene rings is 2. The lowest BCUT2D eigenvalue weighted by molar-refractivity contribution is -0.151. The average molecular weight is 594 g/mol. The molecule has 1 N–H and O–H groups in total. The Morgan fingerprint density at radius 1 is 1.18 bits per heavy atom. The Bertz CT molecular complexity index is 1580. The normalized spacial score (nSPS) is 21.5. The van der Waals surface area contributed by atoms with E-state index in [1.807, 2.05) is 0 Å². The number of carbonyl (C=O) groups excluding carboxylic acids is 1. The highest BCUT2D eigenvalue weighted by Gasteiger charge is 2.64. The predicted molar refractivity (Wildman–Crippen MR) is 149 cm³/mol. The molecule has 0 radical (unpaired) electrons. The number of halogens is 3. The number of rotatable bonds is 7.